The highest BCUT2D eigenvalue weighted by Gasteiger charge is 2.35. The highest BCUT2D eigenvalue weighted by molar-refractivity contribution is 5.97. The van der Waals surface area contributed by atoms with Gasteiger partial charge in [-0.05, 0) is 44.0 Å². The Morgan fingerprint density at radius 3 is 2.79 bits per heavy atom. The van der Waals surface area contributed by atoms with E-state index in [2.05, 4.69) is 42.0 Å². The van der Waals surface area contributed by atoms with Crippen LogP contribution in [0.15, 0.2) is 24.3 Å². The molecule has 1 fully saturated rings. The molecule has 102 valence electrons. The fourth-order valence-electron chi connectivity index (χ4n) is 3.54. The molecule has 0 aliphatic carbocycles. The van der Waals surface area contributed by atoms with Crippen LogP contribution >= 0.6 is 0 Å². The van der Waals surface area contributed by atoms with Crippen LogP contribution in [-0.4, -0.2) is 37.0 Å². The Hall–Kier alpha value is -1.35. The van der Waals surface area contributed by atoms with Gasteiger partial charge in [0, 0.05) is 24.7 Å². The summed E-state index contributed by atoms with van der Waals surface area (Å²) in [4.78, 5) is 16.9. The number of aryl methyl sites for hydroxylation is 1. The predicted octanol–water partition coefficient (Wildman–Crippen LogP) is 2.31. The molecule has 3 rings (SSSR count). The van der Waals surface area contributed by atoms with Crippen LogP contribution in [0.4, 0.5) is 5.69 Å². The second-order valence-electron chi connectivity index (χ2n) is 5.99. The molecule has 19 heavy (non-hydrogen) atoms. The van der Waals surface area contributed by atoms with E-state index in [0.717, 1.165) is 31.6 Å². The van der Waals surface area contributed by atoms with Gasteiger partial charge in [-0.1, -0.05) is 25.1 Å². The van der Waals surface area contributed by atoms with E-state index in [4.69, 9.17) is 0 Å². The van der Waals surface area contributed by atoms with Gasteiger partial charge in [0.2, 0.25) is 5.91 Å². The van der Waals surface area contributed by atoms with E-state index in [1.54, 1.807) is 0 Å². The number of fused-ring (bicyclic) bond motifs is 1. The SMILES string of the molecule is CC1CN(C)CCC1N1C(=O)CCc2ccccc21. The smallest absolute Gasteiger partial charge is 0.227 e. The molecular formula is C16H22N2O. The summed E-state index contributed by atoms with van der Waals surface area (Å²) in [6.45, 7) is 4.43. The molecule has 1 amide bonds. The summed E-state index contributed by atoms with van der Waals surface area (Å²) in [7, 11) is 2.17. The third-order valence-corrected chi connectivity index (χ3v) is 4.52. The van der Waals surface area contributed by atoms with Crippen LogP contribution in [0.3, 0.4) is 0 Å². The first-order chi connectivity index (χ1) is 9.16. The lowest BCUT2D eigenvalue weighted by Gasteiger charge is -2.43. The van der Waals surface area contributed by atoms with E-state index in [9.17, 15) is 4.79 Å². The summed E-state index contributed by atoms with van der Waals surface area (Å²) in [5.74, 6) is 0.842. The molecule has 3 heteroatoms. The Balaban J connectivity index is 1.93. The highest BCUT2D eigenvalue weighted by atomic mass is 16.2. The number of likely N-dealkylation sites (tertiary alicyclic amines) is 1. The average Bonchev–Trinajstić information content (AvgIpc) is 2.40. The van der Waals surface area contributed by atoms with Crippen molar-refractivity contribution < 1.29 is 4.79 Å². The molecule has 0 N–H and O–H groups in total. The van der Waals surface area contributed by atoms with Gasteiger partial charge in [0.1, 0.15) is 0 Å². The van der Waals surface area contributed by atoms with Crippen molar-refractivity contribution in [2.75, 3.05) is 25.0 Å². The normalized spacial score (nSPS) is 28.3. The first-order valence-corrected chi connectivity index (χ1v) is 7.25. The van der Waals surface area contributed by atoms with Crippen molar-refractivity contribution in [2.24, 2.45) is 5.92 Å². The molecule has 0 saturated carbocycles. The Labute approximate surface area is 115 Å². The summed E-state index contributed by atoms with van der Waals surface area (Å²) in [5, 5.41) is 0. The molecule has 1 aromatic carbocycles. The molecule has 2 aliphatic heterocycles. The zero-order valence-electron chi connectivity index (χ0n) is 11.8. The van der Waals surface area contributed by atoms with Crippen LogP contribution in [0.25, 0.3) is 0 Å². The quantitative estimate of drug-likeness (QED) is 0.771. The number of para-hydroxylation sites is 1. The van der Waals surface area contributed by atoms with Gasteiger partial charge in [0.05, 0.1) is 0 Å². The summed E-state index contributed by atoms with van der Waals surface area (Å²) < 4.78 is 0. The average molecular weight is 258 g/mol. The van der Waals surface area contributed by atoms with Gasteiger partial charge in [-0.3, -0.25) is 4.79 Å². The van der Waals surface area contributed by atoms with Crippen molar-refractivity contribution in [3.63, 3.8) is 0 Å². The van der Waals surface area contributed by atoms with E-state index in [1.165, 1.54) is 5.56 Å². The van der Waals surface area contributed by atoms with Gasteiger partial charge in [0.15, 0.2) is 0 Å². The molecule has 1 saturated heterocycles. The van der Waals surface area contributed by atoms with Crippen LogP contribution in [0.5, 0.6) is 0 Å². The van der Waals surface area contributed by atoms with Crippen molar-refractivity contribution in [1.82, 2.24) is 4.90 Å². The molecule has 0 radical (unpaired) electrons. The van der Waals surface area contributed by atoms with Crippen LogP contribution < -0.4 is 4.90 Å². The fraction of sp³-hybridized carbons (Fsp3) is 0.562. The first kappa shape index (κ1) is 12.7. The lowest BCUT2D eigenvalue weighted by atomic mass is 9.89. The van der Waals surface area contributed by atoms with Crippen LogP contribution in [0.2, 0.25) is 0 Å². The molecule has 2 atom stereocenters. The van der Waals surface area contributed by atoms with Crippen molar-refractivity contribution in [1.29, 1.82) is 0 Å². The van der Waals surface area contributed by atoms with Gasteiger partial charge in [0.25, 0.3) is 0 Å². The van der Waals surface area contributed by atoms with Crippen molar-refractivity contribution >= 4 is 11.6 Å². The number of hydrogen-bond acceptors (Lipinski definition) is 2. The topological polar surface area (TPSA) is 23.6 Å². The number of hydrogen-bond donors (Lipinski definition) is 0. The van der Waals surface area contributed by atoms with Crippen molar-refractivity contribution in [2.45, 2.75) is 32.2 Å². The van der Waals surface area contributed by atoms with Crippen LogP contribution in [0.1, 0.15) is 25.3 Å². The Bertz CT molecular complexity index is 485. The summed E-state index contributed by atoms with van der Waals surface area (Å²) in [6, 6.07) is 8.76. The number of anilines is 1. The lowest BCUT2D eigenvalue weighted by Crippen LogP contribution is -2.52. The van der Waals surface area contributed by atoms with Gasteiger partial charge >= 0.3 is 0 Å². The lowest BCUT2D eigenvalue weighted by molar-refractivity contribution is -0.119. The second kappa shape index (κ2) is 4.97. The van der Waals surface area contributed by atoms with Gasteiger partial charge in [-0.15, -0.1) is 0 Å². The number of piperidine rings is 1. The maximum Gasteiger partial charge on any atom is 0.227 e. The number of carbonyl (C=O) groups is 1. The standard InChI is InChI=1S/C16H22N2O/c1-12-11-17(2)10-9-14(12)18-15-6-4-3-5-13(15)7-8-16(18)19/h3-6,12,14H,7-11H2,1-2H3. The molecule has 0 aromatic heterocycles. The van der Waals surface area contributed by atoms with Gasteiger partial charge in [-0.2, -0.15) is 0 Å². The molecule has 0 bridgehead atoms. The second-order valence-corrected chi connectivity index (χ2v) is 5.99. The Kier molecular flexibility index (Phi) is 3.31. The van der Waals surface area contributed by atoms with Crippen molar-refractivity contribution in [3.05, 3.63) is 29.8 Å². The predicted molar refractivity (Wildman–Crippen MR) is 77.3 cm³/mol. The summed E-state index contributed by atoms with van der Waals surface area (Å²) >= 11 is 0. The first-order valence-electron chi connectivity index (χ1n) is 7.25. The molecule has 1 aromatic rings. The van der Waals surface area contributed by atoms with Crippen LogP contribution in [-0.2, 0) is 11.2 Å². The van der Waals surface area contributed by atoms with E-state index in [-0.39, 0.29) is 0 Å². The number of rotatable bonds is 1. The molecular weight excluding hydrogens is 236 g/mol. The molecule has 0 spiro atoms. The maximum absolute atomic E-state index is 12.4. The van der Waals surface area contributed by atoms with E-state index in [0.29, 0.717) is 24.3 Å². The third kappa shape index (κ3) is 2.27. The van der Waals surface area contributed by atoms with Crippen molar-refractivity contribution in [3.8, 4) is 0 Å². The molecule has 2 heterocycles. The molecule has 2 aliphatic rings. The fourth-order valence-corrected chi connectivity index (χ4v) is 3.54. The number of nitrogens with zero attached hydrogens (tertiary/aromatic N) is 2. The molecule has 3 nitrogen and oxygen atoms in total. The molecule has 2 unspecified atom stereocenters. The maximum atomic E-state index is 12.4. The van der Waals surface area contributed by atoms with E-state index < -0.39 is 0 Å². The van der Waals surface area contributed by atoms with Gasteiger partial charge in [-0.25, -0.2) is 0 Å². The Morgan fingerprint density at radius 2 is 2.00 bits per heavy atom. The minimum absolute atomic E-state index is 0.306. The number of benzene rings is 1. The third-order valence-electron chi connectivity index (χ3n) is 4.52. The minimum Gasteiger partial charge on any atom is -0.309 e. The summed E-state index contributed by atoms with van der Waals surface area (Å²) in [6.07, 6.45) is 2.64. The zero-order chi connectivity index (χ0) is 13.4. The largest absolute Gasteiger partial charge is 0.309 e. The van der Waals surface area contributed by atoms with Gasteiger partial charge < -0.3 is 9.80 Å². The zero-order valence-corrected chi connectivity index (χ0v) is 11.8. The number of amides is 1. The highest BCUT2D eigenvalue weighted by Crippen LogP contribution is 2.33. The van der Waals surface area contributed by atoms with E-state index in [1.807, 2.05) is 6.07 Å². The van der Waals surface area contributed by atoms with E-state index >= 15 is 0 Å². The minimum atomic E-state index is 0.306. The summed E-state index contributed by atoms with van der Waals surface area (Å²) in [5.41, 5.74) is 2.48. The Morgan fingerprint density at radius 1 is 1.21 bits per heavy atom. The van der Waals surface area contributed by atoms with Crippen LogP contribution in [0, 0.1) is 5.92 Å². The monoisotopic (exact) mass is 258 g/mol. The number of carbonyl (C=O) groups excluding carboxylic acids is 1.